The summed E-state index contributed by atoms with van der Waals surface area (Å²) in [6, 6.07) is 71.0. The minimum Gasteiger partial charge on any atom is -0.311 e. The zero-order valence-electron chi connectivity index (χ0n) is 49.7. The van der Waals surface area contributed by atoms with E-state index in [2.05, 4.69) is 296 Å². The molecule has 398 valence electrons. The molecule has 0 N–H and O–H groups in total. The molecule has 80 heavy (non-hydrogen) atoms. The second-order valence-electron chi connectivity index (χ2n) is 28.3. The first-order chi connectivity index (χ1) is 37.8. The van der Waals surface area contributed by atoms with E-state index in [4.69, 9.17) is 0 Å². The van der Waals surface area contributed by atoms with Gasteiger partial charge in [-0.25, -0.2) is 0 Å². The Hall–Kier alpha value is -7.40. The first-order valence-electron chi connectivity index (χ1n) is 29.0. The van der Waals surface area contributed by atoms with Crippen LogP contribution in [0.1, 0.15) is 132 Å². The molecule has 10 aromatic carbocycles. The van der Waals surface area contributed by atoms with E-state index in [1.807, 2.05) is 11.3 Å². The minimum atomic E-state index is -0.0795. The van der Waals surface area contributed by atoms with Gasteiger partial charge < -0.3 is 9.80 Å². The summed E-state index contributed by atoms with van der Waals surface area (Å²) in [6.07, 6.45) is 0. The summed E-state index contributed by atoms with van der Waals surface area (Å²) < 4.78 is 2.71. The van der Waals surface area contributed by atoms with Gasteiger partial charge in [0.15, 0.2) is 0 Å². The first kappa shape index (κ1) is 52.0. The maximum absolute atomic E-state index is 2.69. The monoisotopic (exact) mass is 1060 g/mol. The lowest BCUT2D eigenvalue weighted by molar-refractivity contribution is 0.569. The zero-order chi connectivity index (χ0) is 56.2. The Bertz CT molecular complexity index is 4280. The van der Waals surface area contributed by atoms with E-state index in [0.717, 1.165) is 0 Å². The molecule has 2 nitrogen and oxygen atoms in total. The quantitative estimate of drug-likeness (QED) is 0.128. The Morgan fingerprint density at radius 1 is 0.312 bits per heavy atom. The van der Waals surface area contributed by atoms with Gasteiger partial charge in [0.1, 0.15) is 0 Å². The predicted molar refractivity (Wildman–Crippen MR) is 353 cm³/mol. The Labute approximate surface area is 480 Å². The summed E-state index contributed by atoms with van der Waals surface area (Å²) in [4.78, 5) is 5.33. The number of anilines is 6. The van der Waals surface area contributed by atoms with E-state index >= 15 is 0 Å². The fourth-order valence-electron chi connectivity index (χ4n) is 12.9. The van der Waals surface area contributed by atoms with Crippen LogP contribution in [0.25, 0.3) is 64.7 Å². The lowest BCUT2D eigenvalue weighted by Gasteiger charge is -2.44. The normalized spacial score (nSPS) is 13.9. The SMILES string of the molecule is CC(C)(C)c1cc(-c2ccccc2N2c3cccc4c3B(c3cc(C(C)(C)C)ccc3N4c3ccc(C(C)(C)C)cc3-c3ccc4c5ccccc5c5ccccc5c4c3)c3sc4ccc(C(C)(C)C)cc4c32)cc(C(C)(C)C)c1. The van der Waals surface area contributed by atoms with Gasteiger partial charge in [-0.3, -0.25) is 0 Å². The van der Waals surface area contributed by atoms with Crippen molar-refractivity contribution in [2.75, 3.05) is 9.80 Å². The van der Waals surface area contributed by atoms with Crippen LogP contribution < -0.4 is 25.5 Å². The highest BCUT2D eigenvalue weighted by atomic mass is 32.1. The van der Waals surface area contributed by atoms with E-state index < -0.39 is 0 Å². The first-order valence-corrected chi connectivity index (χ1v) is 29.8. The number of benzene rings is 10. The average Bonchev–Trinajstić information content (AvgIpc) is 3.87. The van der Waals surface area contributed by atoms with Gasteiger partial charge in [-0.1, -0.05) is 231 Å². The molecule has 0 fully saturated rings. The number of rotatable bonds is 4. The van der Waals surface area contributed by atoms with Gasteiger partial charge in [0.05, 0.1) is 17.1 Å². The summed E-state index contributed by atoms with van der Waals surface area (Å²) in [7, 11) is 0. The number of hydrogen-bond acceptors (Lipinski definition) is 3. The fourth-order valence-corrected chi connectivity index (χ4v) is 14.2. The summed E-state index contributed by atoms with van der Waals surface area (Å²) in [6.45, 7) is 35.3. The molecule has 0 amide bonds. The molecule has 1 aromatic heterocycles. The Kier molecular flexibility index (Phi) is 11.7. The van der Waals surface area contributed by atoms with Crippen LogP contribution in [0, 0.1) is 0 Å². The lowest BCUT2D eigenvalue weighted by atomic mass is 9.36. The highest BCUT2D eigenvalue weighted by Crippen LogP contribution is 2.53. The molecule has 0 spiro atoms. The van der Waals surface area contributed by atoms with Crippen molar-refractivity contribution in [1.82, 2.24) is 0 Å². The summed E-state index contributed by atoms with van der Waals surface area (Å²) in [5, 5.41) is 9.02. The van der Waals surface area contributed by atoms with Crippen molar-refractivity contribution < 1.29 is 0 Å². The number of thiophene rings is 1. The van der Waals surface area contributed by atoms with Crippen molar-refractivity contribution in [3.63, 3.8) is 0 Å². The van der Waals surface area contributed by atoms with Crippen molar-refractivity contribution in [1.29, 1.82) is 0 Å². The molecule has 11 aromatic rings. The topological polar surface area (TPSA) is 6.48 Å². The Balaban J connectivity index is 1.12. The van der Waals surface area contributed by atoms with Crippen molar-refractivity contribution in [3.8, 4) is 22.3 Å². The summed E-state index contributed by atoms with van der Waals surface area (Å²) in [5.41, 5.74) is 21.4. The van der Waals surface area contributed by atoms with E-state index in [-0.39, 0.29) is 33.8 Å². The van der Waals surface area contributed by atoms with Gasteiger partial charge in [-0.15, -0.1) is 11.3 Å². The van der Waals surface area contributed by atoms with Gasteiger partial charge in [-0.05, 0) is 164 Å². The molecule has 0 radical (unpaired) electrons. The van der Waals surface area contributed by atoms with E-state index in [1.165, 1.54) is 142 Å². The molecule has 0 saturated carbocycles. The highest BCUT2D eigenvalue weighted by molar-refractivity contribution is 7.33. The molecular formula is C76H75BN2S. The van der Waals surface area contributed by atoms with Crippen molar-refractivity contribution in [2.24, 2.45) is 0 Å². The maximum Gasteiger partial charge on any atom is 0.264 e. The van der Waals surface area contributed by atoms with Crippen LogP contribution in [0.2, 0.25) is 0 Å². The zero-order valence-corrected chi connectivity index (χ0v) is 50.5. The molecule has 0 atom stereocenters. The molecule has 2 aliphatic rings. The lowest BCUT2D eigenvalue weighted by Crippen LogP contribution is -2.60. The Morgan fingerprint density at radius 2 is 0.787 bits per heavy atom. The van der Waals surface area contributed by atoms with Crippen molar-refractivity contribution in [2.45, 2.75) is 131 Å². The summed E-state index contributed by atoms with van der Waals surface area (Å²) >= 11 is 1.99. The smallest absolute Gasteiger partial charge is 0.264 e. The third-order valence-corrected chi connectivity index (χ3v) is 18.8. The second-order valence-corrected chi connectivity index (χ2v) is 29.3. The molecule has 3 heterocycles. The maximum atomic E-state index is 2.69. The number of hydrogen-bond donors (Lipinski definition) is 0. The van der Waals surface area contributed by atoms with Crippen LogP contribution >= 0.6 is 11.3 Å². The van der Waals surface area contributed by atoms with E-state index in [0.29, 0.717) is 0 Å². The Morgan fingerprint density at radius 3 is 1.39 bits per heavy atom. The van der Waals surface area contributed by atoms with Crippen LogP contribution in [-0.4, -0.2) is 6.71 Å². The van der Waals surface area contributed by atoms with Crippen molar-refractivity contribution in [3.05, 3.63) is 210 Å². The second kappa shape index (κ2) is 18.1. The van der Waals surface area contributed by atoms with Crippen LogP contribution in [0.5, 0.6) is 0 Å². The number of nitrogens with zero attached hydrogens (tertiary/aromatic N) is 2. The minimum absolute atomic E-state index is 0.0158. The molecular weight excluding hydrogens is 984 g/mol. The van der Waals surface area contributed by atoms with Crippen LogP contribution in [0.3, 0.4) is 0 Å². The van der Waals surface area contributed by atoms with Gasteiger partial charge in [0, 0.05) is 43.1 Å². The van der Waals surface area contributed by atoms with Gasteiger partial charge in [-0.2, -0.15) is 0 Å². The number of para-hydroxylation sites is 1. The van der Waals surface area contributed by atoms with Crippen LogP contribution in [0.15, 0.2) is 182 Å². The van der Waals surface area contributed by atoms with E-state index in [9.17, 15) is 0 Å². The third-order valence-electron chi connectivity index (χ3n) is 17.6. The van der Waals surface area contributed by atoms with Crippen LogP contribution in [0.4, 0.5) is 34.1 Å². The molecule has 0 unspecified atom stereocenters. The molecule has 4 heteroatoms. The molecule has 13 rings (SSSR count). The van der Waals surface area contributed by atoms with Gasteiger partial charge >= 0.3 is 0 Å². The van der Waals surface area contributed by atoms with Gasteiger partial charge in [0.25, 0.3) is 6.71 Å². The number of fused-ring (bicyclic) bond motifs is 12. The standard InChI is InChI=1S/C76H75BN2S/c1-72(2,3)48-32-36-64(59(43-48)46-31-35-58-56-26-17-16-24-54(56)55-25-18-19-27-57(55)60(58)41-46)78-65-37-33-50(74(7,8)9)45-62(65)77-69-66(78)29-22-30-67(69)79(70-61-44-49(73(4,5)6)34-38-68(61)80-71(70)77)63-28-21-20-23-53(63)47-39-51(75(10,11)12)42-52(40-47)76(13,14)15/h16-45H,1-15H3. The largest absolute Gasteiger partial charge is 0.311 e. The molecule has 0 bridgehead atoms. The summed E-state index contributed by atoms with van der Waals surface area (Å²) in [5.74, 6) is 0. The van der Waals surface area contributed by atoms with E-state index in [1.54, 1.807) is 0 Å². The van der Waals surface area contributed by atoms with Crippen molar-refractivity contribution >= 4 is 110 Å². The third kappa shape index (κ3) is 8.42. The van der Waals surface area contributed by atoms with Gasteiger partial charge in [0.2, 0.25) is 0 Å². The average molecular weight is 1060 g/mol. The predicted octanol–water partition coefficient (Wildman–Crippen LogP) is 20.3. The van der Waals surface area contributed by atoms with Crippen LogP contribution in [-0.2, 0) is 27.1 Å². The molecule has 0 saturated heterocycles. The highest BCUT2D eigenvalue weighted by Gasteiger charge is 2.46. The fraction of sp³-hybridized carbons (Fsp3) is 0.263. The molecule has 0 aliphatic carbocycles. The molecule has 2 aliphatic heterocycles.